The monoisotopic (exact) mass is 437 g/mol. The van der Waals surface area contributed by atoms with Gasteiger partial charge in [0.15, 0.2) is 5.82 Å². The zero-order valence-electron chi connectivity index (χ0n) is 18.3. The summed E-state index contributed by atoms with van der Waals surface area (Å²) in [5, 5.41) is 10.8. The Hall–Kier alpha value is -2.70. The number of nitrogens with zero attached hydrogens (tertiary/aromatic N) is 7. The van der Waals surface area contributed by atoms with E-state index in [0.29, 0.717) is 24.7 Å². The maximum Gasteiger partial charge on any atom is 0.227 e. The maximum atomic E-state index is 9.85. The van der Waals surface area contributed by atoms with E-state index in [9.17, 15) is 5.26 Å². The Balaban J connectivity index is 1.69. The summed E-state index contributed by atoms with van der Waals surface area (Å²) < 4.78 is 6.54. The van der Waals surface area contributed by atoms with E-state index in [1.807, 2.05) is 25.1 Å². The fourth-order valence-electron chi connectivity index (χ4n) is 4.27. The van der Waals surface area contributed by atoms with Crippen LogP contribution in [0.15, 0.2) is 6.07 Å². The molecular weight excluding hydrogens is 410 g/mol. The molecule has 0 atom stereocenters. The Bertz CT molecular complexity index is 1150. The predicted octanol–water partition coefficient (Wildman–Crippen LogP) is 3.25. The molecule has 0 unspecified atom stereocenters. The summed E-state index contributed by atoms with van der Waals surface area (Å²) in [6.45, 7) is 7.14. The number of aromatic nitrogens is 3. The minimum atomic E-state index is 0.590. The number of fused-ring (bicyclic) bond motifs is 3. The molecule has 0 N–H and O–H groups in total. The van der Waals surface area contributed by atoms with E-state index in [1.54, 1.807) is 11.3 Å². The lowest BCUT2D eigenvalue weighted by Crippen LogP contribution is -2.37. The molecule has 2 fully saturated rings. The van der Waals surface area contributed by atoms with Crippen molar-refractivity contribution in [1.82, 2.24) is 15.0 Å². The molecule has 0 bridgehead atoms. The molecule has 162 valence electrons. The van der Waals surface area contributed by atoms with E-state index >= 15 is 0 Å². The van der Waals surface area contributed by atoms with Crippen molar-refractivity contribution in [1.29, 1.82) is 5.26 Å². The van der Waals surface area contributed by atoms with Crippen LogP contribution in [0.25, 0.3) is 20.4 Å². The number of ether oxygens (including phenoxy) is 1. The number of thiophene rings is 1. The highest BCUT2D eigenvalue weighted by Crippen LogP contribution is 2.40. The summed E-state index contributed by atoms with van der Waals surface area (Å²) in [7, 11) is 3.93. The van der Waals surface area contributed by atoms with Crippen LogP contribution in [0, 0.1) is 17.2 Å². The molecule has 0 radical (unpaired) electrons. The number of piperidine rings is 1. The lowest BCUT2D eigenvalue weighted by atomic mass is 9.99. The van der Waals surface area contributed by atoms with Crippen molar-refractivity contribution in [3.05, 3.63) is 11.6 Å². The van der Waals surface area contributed by atoms with Crippen LogP contribution in [0.4, 0.5) is 17.6 Å². The average Bonchev–Trinajstić information content (AvgIpc) is 3.16. The van der Waals surface area contributed by atoms with Gasteiger partial charge in [-0.15, -0.1) is 11.3 Å². The van der Waals surface area contributed by atoms with Crippen molar-refractivity contribution < 1.29 is 4.74 Å². The first kappa shape index (κ1) is 20.2. The van der Waals surface area contributed by atoms with E-state index in [-0.39, 0.29) is 0 Å². The van der Waals surface area contributed by atoms with Crippen molar-refractivity contribution in [3.8, 4) is 6.07 Å². The average molecular weight is 438 g/mol. The van der Waals surface area contributed by atoms with Crippen LogP contribution in [-0.4, -0.2) is 68.4 Å². The summed E-state index contributed by atoms with van der Waals surface area (Å²) in [6.07, 6.45) is 2.34. The Morgan fingerprint density at radius 3 is 2.45 bits per heavy atom. The van der Waals surface area contributed by atoms with Gasteiger partial charge in [-0.2, -0.15) is 10.2 Å². The fraction of sp³-hybridized carbons (Fsp3) is 0.545. The molecular formula is C22H27N7OS. The smallest absolute Gasteiger partial charge is 0.227 e. The zero-order chi connectivity index (χ0) is 21.5. The molecule has 5 heterocycles. The van der Waals surface area contributed by atoms with Crippen LogP contribution in [-0.2, 0) is 4.74 Å². The lowest BCUT2D eigenvalue weighted by molar-refractivity contribution is 0.122. The standard InChI is InChI=1S/C22H27N7OS/c1-14-4-6-28(7-5-14)20-18-17(24-22(26-20)27(2)3)16-12-15(13-23)19(25-21(16)31-18)29-8-10-30-11-9-29/h12,14H,4-11H2,1-3H3. The van der Waals surface area contributed by atoms with Gasteiger partial charge < -0.3 is 19.4 Å². The van der Waals surface area contributed by atoms with E-state index in [2.05, 4.69) is 22.8 Å². The number of morpholine rings is 1. The van der Waals surface area contributed by atoms with Crippen LogP contribution >= 0.6 is 11.3 Å². The first-order valence-corrected chi connectivity index (χ1v) is 11.7. The second-order valence-electron chi connectivity index (χ2n) is 8.61. The minimum absolute atomic E-state index is 0.590. The minimum Gasteiger partial charge on any atom is -0.378 e. The summed E-state index contributed by atoms with van der Waals surface area (Å²) in [4.78, 5) is 22.1. The van der Waals surface area contributed by atoms with E-state index < -0.39 is 0 Å². The largest absolute Gasteiger partial charge is 0.378 e. The molecule has 0 aromatic carbocycles. The third kappa shape index (κ3) is 3.64. The fourth-order valence-corrected chi connectivity index (χ4v) is 5.38. The number of hydrogen-bond acceptors (Lipinski definition) is 9. The summed E-state index contributed by atoms with van der Waals surface area (Å²) in [5.74, 6) is 3.19. The van der Waals surface area contributed by atoms with Gasteiger partial charge in [0.2, 0.25) is 5.95 Å². The number of rotatable bonds is 3. The maximum absolute atomic E-state index is 9.85. The van der Waals surface area contributed by atoms with Crippen LogP contribution in [0.5, 0.6) is 0 Å². The van der Waals surface area contributed by atoms with Gasteiger partial charge in [0.25, 0.3) is 0 Å². The van der Waals surface area contributed by atoms with Gasteiger partial charge in [-0.05, 0) is 24.8 Å². The molecule has 0 aliphatic carbocycles. The molecule has 31 heavy (non-hydrogen) atoms. The van der Waals surface area contributed by atoms with Crippen molar-refractivity contribution >= 4 is 49.4 Å². The van der Waals surface area contributed by atoms with Crippen LogP contribution in [0.3, 0.4) is 0 Å². The molecule has 9 heteroatoms. The van der Waals surface area contributed by atoms with Crippen molar-refractivity contribution in [2.75, 3.05) is 68.2 Å². The number of anilines is 3. The second-order valence-corrected chi connectivity index (χ2v) is 9.61. The highest BCUT2D eigenvalue weighted by atomic mass is 32.1. The first-order chi connectivity index (χ1) is 15.0. The van der Waals surface area contributed by atoms with Gasteiger partial charge in [-0.25, -0.2) is 9.97 Å². The van der Waals surface area contributed by atoms with E-state index in [4.69, 9.17) is 19.7 Å². The Labute approximate surface area is 186 Å². The molecule has 3 aromatic rings. The molecule has 2 aliphatic rings. The molecule has 5 rings (SSSR count). The summed E-state index contributed by atoms with van der Waals surface area (Å²) >= 11 is 1.64. The van der Waals surface area contributed by atoms with Gasteiger partial charge in [-0.1, -0.05) is 6.92 Å². The SMILES string of the molecule is CC1CCN(c2nc(N(C)C)nc3c2sc2nc(N4CCOCC4)c(C#N)cc23)CC1. The second kappa shape index (κ2) is 8.09. The Morgan fingerprint density at radius 2 is 1.77 bits per heavy atom. The number of nitriles is 1. The van der Waals surface area contributed by atoms with Crippen LogP contribution in [0.2, 0.25) is 0 Å². The summed E-state index contributed by atoms with van der Waals surface area (Å²) in [6, 6.07) is 4.31. The van der Waals surface area contributed by atoms with Crippen molar-refractivity contribution in [3.63, 3.8) is 0 Å². The summed E-state index contributed by atoms with van der Waals surface area (Å²) in [5.41, 5.74) is 1.48. The molecule has 3 aromatic heterocycles. The topological polar surface area (TPSA) is 81.4 Å². The number of hydrogen-bond donors (Lipinski definition) is 0. The normalized spacial score (nSPS) is 18.0. The molecule has 2 saturated heterocycles. The third-order valence-corrected chi connectivity index (χ3v) is 7.26. The van der Waals surface area contributed by atoms with Crippen LogP contribution < -0.4 is 14.7 Å². The predicted molar refractivity (Wildman–Crippen MR) is 125 cm³/mol. The Kier molecular flexibility index (Phi) is 5.28. The van der Waals surface area contributed by atoms with Gasteiger partial charge in [0.1, 0.15) is 16.7 Å². The van der Waals surface area contributed by atoms with Gasteiger partial charge in [0, 0.05) is 45.7 Å². The van der Waals surface area contributed by atoms with Crippen molar-refractivity contribution in [2.24, 2.45) is 5.92 Å². The first-order valence-electron chi connectivity index (χ1n) is 10.9. The lowest BCUT2D eigenvalue weighted by Gasteiger charge is -2.31. The zero-order valence-corrected chi connectivity index (χ0v) is 19.1. The van der Waals surface area contributed by atoms with Gasteiger partial charge >= 0.3 is 0 Å². The van der Waals surface area contributed by atoms with Gasteiger partial charge in [-0.3, -0.25) is 0 Å². The highest BCUT2D eigenvalue weighted by molar-refractivity contribution is 7.26. The molecule has 0 amide bonds. The molecule has 8 nitrogen and oxygen atoms in total. The molecule has 0 saturated carbocycles. The van der Waals surface area contributed by atoms with E-state index in [0.717, 1.165) is 64.2 Å². The number of pyridine rings is 1. The molecule has 2 aliphatic heterocycles. The van der Waals surface area contributed by atoms with E-state index in [1.165, 1.54) is 12.8 Å². The third-order valence-electron chi connectivity index (χ3n) is 6.17. The quantitative estimate of drug-likeness (QED) is 0.618. The molecule has 0 spiro atoms. The van der Waals surface area contributed by atoms with Crippen molar-refractivity contribution in [2.45, 2.75) is 19.8 Å². The van der Waals surface area contributed by atoms with Gasteiger partial charge in [0.05, 0.1) is 29.0 Å². The Morgan fingerprint density at radius 1 is 1.06 bits per heavy atom. The van der Waals surface area contributed by atoms with Crippen LogP contribution in [0.1, 0.15) is 25.3 Å². The highest BCUT2D eigenvalue weighted by Gasteiger charge is 2.25.